The molecule has 2 aliphatic rings. The van der Waals surface area contributed by atoms with E-state index in [1.807, 2.05) is 0 Å². The normalized spacial score (nSPS) is 13.2. The van der Waals surface area contributed by atoms with Gasteiger partial charge in [0.1, 0.15) is 0 Å². The third kappa shape index (κ3) is 6.03. The molecule has 70 heavy (non-hydrogen) atoms. The third-order valence-electron chi connectivity index (χ3n) is 15.1. The zero-order valence-corrected chi connectivity index (χ0v) is 42.7. The van der Waals surface area contributed by atoms with Gasteiger partial charge in [0.2, 0.25) is 0 Å². The van der Waals surface area contributed by atoms with Gasteiger partial charge in [-0.3, -0.25) is 0 Å². The first-order valence-corrected chi connectivity index (χ1v) is 32.4. The fraction of sp³-hybridized carbons (Fsp3) is 0.0312. The monoisotopic (exact) mass is 1020 g/mol. The first kappa shape index (κ1) is 40.1. The summed E-state index contributed by atoms with van der Waals surface area (Å²) < 4.78 is 19.9. The molecule has 2 aliphatic heterocycles. The van der Waals surface area contributed by atoms with Crippen molar-refractivity contribution in [3.63, 3.8) is 0 Å². The molecule has 0 aliphatic carbocycles. The molecule has 2 aromatic heterocycles. The Morgan fingerprint density at radius 3 is 1.13 bits per heavy atom. The summed E-state index contributed by atoms with van der Waals surface area (Å²) in [6, 6.07) is 80.7. The van der Waals surface area contributed by atoms with Crippen LogP contribution in [0.5, 0.6) is 0 Å². The molecule has 0 atom stereocenters. The maximum atomic E-state index is 6.87. The predicted octanol–water partition coefficient (Wildman–Crippen LogP) is 15.2. The molecule has 0 saturated heterocycles. The Balaban J connectivity index is 0.820. The van der Waals surface area contributed by atoms with Crippen LogP contribution in [-0.4, -0.2) is 28.7 Å². The van der Waals surface area contributed by atoms with Gasteiger partial charge in [-0.05, 0) is 0 Å². The first-order chi connectivity index (χ1) is 34.5. The van der Waals surface area contributed by atoms with Crippen LogP contribution in [-0.2, 0) is 0 Å². The van der Waals surface area contributed by atoms with Crippen molar-refractivity contribution >= 4 is 146 Å². The molecule has 0 fully saturated rings. The standard InChI is InChI=1S/C64H42Ge2N2O2/c1-65-57-19-11-9-17-49(57)51-27-25-47(37-59(51)65)67(43-13-5-3-6-14-43)45-23-21-39-33-55-53-29-30-54-56-34-40-22-24-46(32-42(40)36-62(56)70-64(54)63(53)69-61(55)35-41(39)31-45)68(44-15-7-4-8-16-44)48-26-28-52-50-18-10-12-20-58(50)66(2)60(52)38-48/h3-38H,1-2H3. The van der Waals surface area contributed by atoms with Gasteiger partial charge >= 0.3 is 417 Å². The zero-order chi connectivity index (χ0) is 46.2. The number of hydrogen-bond donors (Lipinski definition) is 0. The van der Waals surface area contributed by atoms with Crippen LogP contribution in [0.1, 0.15) is 0 Å². The summed E-state index contributed by atoms with van der Waals surface area (Å²) in [4.78, 5) is 4.80. The SMILES string of the molecule is [CH3][Ge]1[c]2ccccc2-c2ccc(N(c3ccccc3)c3ccc4cc5c(cc4c3)oc3c5ccc4c5cc6ccc(N(c7ccccc7)c7ccc8[c](c7)[Ge]([CH3])[c]7ccccc7-8)cc6cc5oc43)c[c]21. The number of furan rings is 2. The Hall–Kier alpha value is -7.77. The summed E-state index contributed by atoms with van der Waals surface area (Å²) >= 11 is -3.28. The second-order valence-corrected chi connectivity index (χ2v) is 28.7. The molecule has 2 radical (unpaired) electrons. The summed E-state index contributed by atoms with van der Waals surface area (Å²) in [7, 11) is 0. The molecule has 0 unspecified atom stereocenters. The molecular formula is C64H42Ge2N2O2. The fourth-order valence-electron chi connectivity index (χ4n) is 11.7. The molecule has 0 saturated carbocycles. The Morgan fingerprint density at radius 2 is 0.671 bits per heavy atom. The summed E-state index contributed by atoms with van der Waals surface area (Å²) in [6.45, 7) is 0. The van der Waals surface area contributed by atoms with Gasteiger partial charge in [-0.1, -0.05) is 0 Å². The quantitative estimate of drug-likeness (QED) is 0.155. The van der Waals surface area contributed by atoms with E-state index in [-0.39, 0.29) is 0 Å². The predicted molar refractivity (Wildman–Crippen MR) is 298 cm³/mol. The number of fused-ring (bicyclic) bond motifs is 15. The average molecular weight is 1020 g/mol. The van der Waals surface area contributed by atoms with E-state index in [9.17, 15) is 0 Å². The molecule has 4 heterocycles. The number of nitrogens with zero attached hydrogens (tertiary/aromatic N) is 2. The summed E-state index contributed by atoms with van der Waals surface area (Å²) in [5.41, 5.74) is 15.7. The van der Waals surface area contributed by atoms with Gasteiger partial charge in [0.05, 0.1) is 0 Å². The molecule has 0 bridgehead atoms. The fourth-order valence-corrected chi connectivity index (χ4v) is 21.1. The molecule has 0 N–H and O–H groups in total. The molecule has 4 nitrogen and oxygen atoms in total. The van der Waals surface area contributed by atoms with Gasteiger partial charge in [-0.2, -0.15) is 0 Å². The average Bonchev–Trinajstić information content (AvgIpc) is 4.13. The molecule has 15 rings (SSSR count). The van der Waals surface area contributed by atoms with Crippen molar-refractivity contribution < 1.29 is 8.83 Å². The van der Waals surface area contributed by atoms with Crippen LogP contribution < -0.4 is 27.4 Å². The van der Waals surface area contributed by atoms with Gasteiger partial charge in [0.25, 0.3) is 0 Å². The Kier molecular flexibility index (Phi) is 8.81. The number of anilines is 6. The van der Waals surface area contributed by atoms with Crippen LogP contribution in [0.4, 0.5) is 34.1 Å². The molecule has 0 spiro atoms. The number of hydrogen-bond acceptors (Lipinski definition) is 4. The molecule has 6 heteroatoms. The van der Waals surface area contributed by atoms with E-state index in [1.165, 1.54) is 42.4 Å². The van der Waals surface area contributed by atoms with E-state index in [4.69, 9.17) is 8.83 Å². The van der Waals surface area contributed by atoms with E-state index in [1.54, 1.807) is 8.79 Å². The van der Waals surface area contributed by atoms with Gasteiger partial charge in [-0.15, -0.1) is 0 Å². The van der Waals surface area contributed by atoms with Crippen LogP contribution >= 0.6 is 0 Å². The van der Waals surface area contributed by atoms with Crippen molar-refractivity contribution in [2.24, 2.45) is 0 Å². The zero-order valence-electron chi connectivity index (χ0n) is 38.5. The topological polar surface area (TPSA) is 32.8 Å². The first-order valence-electron chi connectivity index (χ1n) is 24.1. The van der Waals surface area contributed by atoms with Gasteiger partial charge in [-0.25, -0.2) is 0 Å². The van der Waals surface area contributed by atoms with Crippen molar-refractivity contribution in [1.82, 2.24) is 0 Å². The van der Waals surface area contributed by atoms with Crippen LogP contribution in [0.2, 0.25) is 11.5 Å². The summed E-state index contributed by atoms with van der Waals surface area (Å²) in [6.07, 6.45) is 0. The van der Waals surface area contributed by atoms with Crippen molar-refractivity contribution in [3.05, 3.63) is 218 Å². The second kappa shape index (κ2) is 15.4. The molecule has 328 valence electrons. The van der Waals surface area contributed by atoms with Gasteiger partial charge in [0, 0.05) is 0 Å². The van der Waals surface area contributed by atoms with Crippen molar-refractivity contribution in [2.75, 3.05) is 9.80 Å². The van der Waals surface area contributed by atoms with Crippen LogP contribution in [0.25, 0.3) is 87.7 Å². The second-order valence-electron chi connectivity index (χ2n) is 18.9. The van der Waals surface area contributed by atoms with E-state index in [0.717, 1.165) is 88.2 Å². The van der Waals surface area contributed by atoms with E-state index >= 15 is 0 Å². The van der Waals surface area contributed by atoms with E-state index < -0.39 is 28.7 Å². The molecule has 13 aromatic rings. The van der Waals surface area contributed by atoms with Crippen molar-refractivity contribution in [2.45, 2.75) is 11.5 Å². The Bertz CT molecular complexity index is 4030. The van der Waals surface area contributed by atoms with E-state index in [2.05, 4.69) is 240 Å². The third-order valence-corrected chi connectivity index (χ3v) is 25.4. The van der Waals surface area contributed by atoms with Crippen molar-refractivity contribution in [1.29, 1.82) is 0 Å². The summed E-state index contributed by atoms with van der Waals surface area (Å²) in [5, 5.41) is 8.85. The van der Waals surface area contributed by atoms with Crippen molar-refractivity contribution in [3.8, 4) is 22.3 Å². The van der Waals surface area contributed by atoms with E-state index in [0.29, 0.717) is 0 Å². The molecule has 0 amide bonds. The molecule has 11 aromatic carbocycles. The van der Waals surface area contributed by atoms with Crippen LogP contribution in [0.15, 0.2) is 227 Å². The Labute approximate surface area is 413 Å². The summed E-state index contributed by atoms with van der Waals surface area (Å²) in [5.74, 6) is 4.98. The minimum atomic E-state index is -1.64. The van der Waals surface area contributed by atoms with Crippen LogP contribution in [0.3, 0.4) is 0 Å². The van der Waals surface area contributed by atoms with Crippen LogP contribution in [0, 0.1) is 0 Å². The maximum absolute atomic E-state index is 6.87. The van der Waals surface area contributed by atoms with Gasteiger partial charge < -0.3 is 0 Å². The minimum absolute atomic E-state index is 0.778. The Morgan fingerprint density at radius 1 is 0.286 bits per heavy atom. The number of para-hydroxylation sites is 2. The molecular weight excluding hydrogens is 974 g/mol. The number of rotatable bonds is 6. The number of benzene rings is 11. The van der Waals surface area contributed by atoms with Gasteiger partial charge in [0.15, 0.2) is 0 Å².